The lowest BCUT2D eigenvalue weighted by molar-refractivity contribution is 0.171. The predicted octanol–water partition coefficient (Wildman–Crippen LogP) is 3.26. The van der Waals surface area contributed by atoms with E-state index in [4.69, 9.17) is 27.9 Å². The first-order chi connectivity index (χ1) is 7.59. The Morgan fingerprint density at radius 2 is 2.25 bits per heavy atom. The monoisotopic (exact) mass is 259 g/mol. The molecule has 0 aromatic heterocycles. The Bertz CT molecular complexity index is 375. The maximum atomic E-state index is 6.10. The van der Waals surface area contributed by atoms with Gasteiger partial charge < -0.3 is 10.1 Å². The number of hydrogen-bond acceptors (Lipinski definition) is 2. The van der Waals surface area contributed by atoms with Gasteiger partial charge in [0, 0.05) is 28.7 Å². The summed E-state index contributed by atoms with van der Waals surface area (Å²) in [6, 6.07) is 5.53. The summed E-state index contributed by atoms with van der Waals surface area (Å²) >= 11 is 12.0. The van der Waals surface area contributed by atoms with E-state index in [0.717, 1.165) is 36.8 Å². The smallest absolute Gasteiger partial charge is 0.0646 e. The highest BCUT2D eigenvalue weighted by Crippen LogP contribution is 2.23. The number of ether oxygens (including phenoxy) is 1. The van der Waals surface area contributed by atoms with E-state index in [0.29, 0.717) is 5.02 Å². The molecule has 0 radical (unpaired) electrons. The van der Waals surface area contributed by atoms with E-state index in [1.807, 2.05) is 12.1 Å². The minimum Gasteiger partial charge on any atom is -0.379 e. The van der Waals surface area contributed by atoms with E-state index in [1.54, 1.807) is 6.07 Å². The number of hydrogen-bond donors (Lipinski definition) is 1. The molecule has 1 N–H and O–H groups in total. The largest absolute Gasteiger partial charge is 0.379 e. The second-order valence-electron chi connectivity index (χ2n) is 4.45. The van der Waals surface area contributed by atoms with Crippen LogP contribution in [-0.4, -0.2) is 18.8 Å². The van der Waals surface area contributed by atoms with Gasteiger partial charge in [0.15, 0.2) is 0 Å². The van der Waals surface area contributed by atoms with E-state index >= 15 is 0 Å². The summed E-state index contributed by atoms with van der Waals surface area (Å²) in [5.74, 6) is 0. The summed E-state index contributed by atoms with van der Waals surface area (Å²) in [5, 5.41) is 4.94. The Morgan fingerprint density at radius 1 is 1.44 bits per heavy atom. The first-order valence-corrected chi connectivity index (χ1v) is 6.11. The first kappa shape index (κ1) is 12.2. The van der Waals surface area contributed by atoms with E-state index in [2.05, 4.69) is 12.2 Å². The lowest BCUT2D eigenvalue weighted by atomic mass is 10.0. The fourth-order valence-electron chi connectivity index (χ4n) is 1.79. The average molecular weight is 260 g/mol. The Morgan fingerprint density at radius 3 is 2.94 bits per heavy atom. The third-order valence-corrected chi connectivity index (χ3v) is 3.54. The van der Waals surface area contributed by atoms with E-state index in [9.17, 15) is 0 Å². The molecule has 1 aliphatic heterocycles. The van der Waals surface area contributed by atoms with Gasteiger partial charge in [-0.25, -0.2) is 0 Å². The second-order valence-corrected chi connectivity index (χ2v) is 5.30. The summed E-state index contributed by atoms with van der Waals surface area (Å²) in [6.07, 6.45) is 1.03. The van der Waals surface area contributed by atoms with Gasteiger partial charge in [0.2, 0.25) is 0 Å². The summed E-state index contributed by atoms with van der Waals surface area (Å²) < 4.78 is 5.38. The van der Waals surface area contributed by atoms with Crippen molar-refractivity contribution in [2.45, 2.75) is 25.4 Å². The Labute approximate surface area is 106 Å². The average Bonchev–Trinajstić information content (AvgIpc) is 2.67. The molecule has 0 saturated carbocycles. The SMILES string of the molecule is CC1(NCc2cc(Cl)ccc2Cl)CCOC1. The van der Waals surface area contributed by atoms with E-state index in [-0.39, 0.29) is 5.54 Å². The maximum absolute atomic E-state index is 6.10. The molecule has 1 heterocycles. The molecule has 1 aromatic rings. The molecule has 2 rings (SSSR count). The lowest BCUT2D eigenvalue weighted by Crippen LogP contribution is -2.42. The number of halogens is 2. The number of nitrogens with one attached hydrogen (secondary N) is 1. The van der Waals surface area contributed by atoms with Crippen molar-refractivity contribution < 1.29 is 4.74 Å². The zero-order valence-electron chi connectivity index (χ0n) is 9.22. The van der Waals surface area contributed by atoms with Crippen molar-refractivity contribution in [3.8, 4) is 0 Å². The van der Waals surface area contributed by atoms with Crippen LogP contribution in [0.5, 0.6) is 0 Å². The van der Waals surface area contributed by atoms with Gasteiger partial charge in [-0.1, -0.05) is 23.2 Å². The van der Waals surface area contributed by atoms with Crippen LogP contribution < -0.4 is 5.32 Å². The molecule has 0 aliphatic carbocycles. The van der Waals surface area contributed by atoms with Gasteiger partial charge in [0.25, 0.3) is 0 Å². The van der Waals surface area contributed by atoms with Crippen LogP contribution >= 0.6 is 23.2 Å². The molecule has 1 unspecified atom stereocenters. The predicted molar refractivity (Wildman–Crippen MR) is 67.1 cm³/mol. The molecule has 4 heteroatoms. The molecule has 0 amide bonds. The maximum Gasteiger partial charge on any atom is 0.0646 e. The zero-order valence-corrected chi connectivity index (χ0v) is 10.7. The quantitative estimate of drug-likeness (QED) is 0.900. The van der Waals surface area contributed by atoms with Crippen LogP contribution in [0.15, 0.2) is 18.2 Å². The van der Waals surface area contributed by atoms with Crippen LogP contribution in [0.3, 0.4) is 0 Å². The summed E-state index contributed by atoms with van der Waals surface area (Å²) in [4.78, 5) is 0. The van der Waals surface area contributed by atoms with Crippen molar-refractivity contribution in [2.24, 2.45) is 0 Å². The van der Waals surface area contributed by atoms with Gasteiger partial charge in [0.05, 0.1) is 6.61 Å². The zero-order chi connectivity index (χ0) is 11.6. The molecule has 1 saturated heterocycles. The fourth-order valence-corrected chi connectivity index (χ4v) is 2.17. The molecule has 2 nitrogen and oxygen atoms in total. The van der Waals surface area contributed by atoms with Crippen LogP contribution in [0.25, 0.3) is 0 Å². The highest BCUT2D eigenvalue weighted by Gasteiger charge is 2.28. The normalized spacial score (nSPS) is 24.9. The molecule has 0 spiro atoms. The molecule has 1 atom stereocenters. The molecule has 88 valence electrons. The van der Waals surface area contributed by atoms with E-state index < -0.39 is 0 Å². The fraction of sp³-hybridized carbons (Fsp3) is 0.500. The Hall–Kier alpha value is -0.280. The van der Waals surface area contributed by atoms with Crippen LogP contribution in [0, 0.1) is 0 Å². The minimum absolute atomic E-state index is 0.0612. The molecule has 0 bridgehead atoms. The Balaban J connectivity index is 2.01. The summed E-state index contributed by atoms with van der Waals surface area (Å²) in [7, 11) is 0. The van der Waals surface area contributed by atoms with Crippen LogP contribution in [0.4, 0.5) is 0 Å². The van der Waals surface area contributed by atoms with Crippen molar-refractivity contribution in [2.75, 3.05) is 13.2 Å². The van der Waals surface area contributed by atoms with Crippen molar-refractivity contribution in [1.29, 1.82) is 0 Å². The first-order valence-electron chi connectivity index (χ1n) is 5.36. The van der Waals surface area contributed by atoms with Crippen LogP contribution in [-0.2, 0) is 11.3 Å². The minimum atomic E-state index is 0.0612. The third kappa shape index (κ3) is 2.89. The summed E-state index contributed by atoms with van der Waals surface area (Å²) in [5.41, 5.74) is 1.09. The van der Waals surface area contributed by atoms with Crippen molar-refractivity contribution in [3.05, 3.63) is 33.8 Å². The molecular weight excluding hydrogens is 245 g/mol. The van der Waals surface area contributed by atoms with Gasteiger partial charge >= 0.3 is 0 Å². The molecule has 1 aromatic carbocycles. The third-order valence-electron chi connectivity index (χ3n) is 2.93. The van der Waals surface area contributed by atoms with Gasteiger partial charge in [-0.3, -0.25) is 0 Å². The highest BCUT2D eigenvalue weighted by atomic mass is 35.5. The summed E-state index contributed by atoms with van der Waals surface area (Å²) in [6.45, 7) is 4.47. The second kappa shape index (κ2) is 4.92. The van der Waals surface area contributed by atoms with Gasteiger partial charge in [-0.2, -0.15) is 0 Å². The van der Waals surface area contributed by atoms with Crippen molar-refractivity contribution in [1.82, 2.24) is 5.32 Å². The van der Waals surface area contributed by atoms with Gasteiger partial charge in [-0.15, -0.1) is 0 Å². The Kier molecular flexibility index (Phi) is 3.75. The number of benzene rings is 1. The standard InChI is InChI=1S/C12H15Cl2NO/c1-12(4-5-16-8-12)15-7-9-6-10(13)2-3-11(9)14/h2-3,6,15H,4-5,7-8H2,1H3. The lowest BCUT2D eigenvalue weighted by Gasteiger charge is -2.24. The van der Waals surface area contributed by atoms with E-state index in [1.165, 1.54) is 0 Å². The van der Waals surface area contributed by atoms with Crippen molar-refractivity contribution in [3.63, 3.8) is 0 Å². The molecule has 1 aliphatic rings. The van der Waals surface area contributed by atoms with Crippen molar-refractivity contribution >= 4 is 23.2 Å². The van der Waals surface area contributed by atoms with Crippen LogP contribution in [0.1, 0.15) is 18.9 Å². The molecular formula is C12H15Cl2NO. The van der Waals surface area contributed by atoms with Gasteiger partial charge in [-0.05, 0) is 37.1 Å². The topological polar surface area (TPSA) is 21.3 Å². The molecule has 16 heavy (non-hydrogen) atoms. The number of rotatable bonds is 3. The van der Waals surface area contributed by atoms with Gasteiger partial charge in [0.1, 0.15) is 0 Å². The van der Waals surface area contributed by atoms with Crippen LogP contribution in [0.2, 0.25) is 10.0 Å². The highest BCUT2D eigenvalue weighted by molar-refractivity contribution is 6.33. The molecule has 1 fully saturated rings.